The third-order valence-electron chi connectivity index (χ3n) is 1.15. The molecule has 0 atom stereocenters. The van der Waals surface area contributed by atoms with Gasteiger partial charge in [-0.25, -0.2) is 4.79 Å². The highest BCUT2D eigenvalue weighted by Crippen LogP contribution is 2.02. The molecular weight excluding hydrogens is 210 g/mol. The number of hydrogen-bond acceptors (Lipinski definition) is 2. The molecule has 3 nitrogen and oxygen atoms in total. The number of rotatable bonds is 1. The van der Waals surface area contributed by atoms with Crippen LogP contribution in [0.2, 0.25) is 0 Å². The second kappa shape index (κ2) is 6.22. The van der Waals surface area contributed by atoms with Crippen LogP contribution in [0.4, 0.5) is 4.79 Å². The van der Waals surface area contributed by atoms with Crippen LogP contribution in [-0.4, -0.2) is 13.1 Å². The van der Waals surface area contributed by atoms with Gasteiger partial charge in [0.05, 0.1) is 0 Å². The molecule has 0 saturated heterocycles. The van der Waals surface area contributed by atoms with E-state index in [0.717, 1.165) is 5.57 Å². The van der Waals surface area contributed by atoms with Crippen molar-refractivity contribution < 1.29 is 9.53 Å². The number of ether oxygens (including phenoxy) is 1. The fourth-order valence-electron chi connectivity index (χ4n) is 0.292. The third-order valence-corrected chi connectivity index (χ3v) is 1.15. The van der Waals surface area contributed by atoms with Crippen molar-refractivity contribution in [1.29, 1.82) is 0 Å². The van der Waals surface area contributed by atoms with E-state index < -0.39 is 6.09 Å². The van der Waals surface area contributed by atoms with Gasteiger partial charge in [-0.2, -0.15) is 0 Å². The van der Waals surface area contributed by atoms with E-state index in [2.05, 4.69) is 5.32 Å². The third kappa shape index (κ3) is 5.91. The van der Waals surface area contributed by atoms with Crippen molar-refractivity contribution in [3.8, 4) is 0 Å². The highest BCUT2D eigenvalue weighted by atomic mass is 79.9. The molecule has 0 aromatic carbocycles. The lowest BCUT2D eigenvalue weighted by Crippen LogP contribution is -2.18. The Morgan fingerprint density at radius 3 is 2.00 bits per heavy atom. The van der Waals surface area contributed by atoms with Crippen molar-refractivity contribution in [1.82, 2.24) is 5.32 Å². The molecule has 0 spiro atoms. The summed E-state index contributed by atoms with van der Waals surface area (Å²) >= 11 is 0. The van der Waals surface area contributed by atoms with Gasteiger partial charge in [0.25, 0.3) is 0 Å². The van der Waals surface area contributed by atoms with E-state index >= 15 is 0 Å². The average Bonchev–Trinajstić information content (AvgIpc) is 1.87. The van der Waals surface area contributed by atoms with Gasteiger partial charge in [-0.05, 0) is 26.3 Å². The van der Waals surface area contributed by atoms with Crippen molar-refractivity contribution in [2.24, 2.45) is 0 Å². The first-order valence-corrected chi connectivity index (χ1v) is 3.11. The van der Waals surface area contributed by atoms with Crippen LogP contribution in [0.5, 0.6) is 0 Å². The van der Waals surface area contributed by atoms with Gasteiger partial charge in [-0.3, -0.25) is 0 Å². The van der Waals surface area contributed by atoms with E-state index in [1.54, 1.807) is 6.92 Å². The summed E-state index contributed by atoms with van der Waals surface area (Å²) < 4.78 is 4.79. The molecule has 0 rings (SSSR count). The summed E-state index contributed by atoms with van der Waals surface area (Å²) in [6.07, 6.45) is -0.418. The van der Waals surface area contributed by atoms with Gasteiger partial charge < -0.3 is 10.1 Å². The molecular formula is C7H14BrNO2. The minimum atomic E-state index is -0.418. The Kier molecular flexibility index (Phi) is 7.41. The highest BCUT2D eigenvalue weighted by molar-refractivity contribution is 8.93. The maximum absolute atomic E-state index is 10.6. The molecule has 0 aromatic heterocycles. The summed E-state index contributed by atoms with van der Waals surface area (Å²) in [5.74, 6) is 0.652. The molecule has 0 radical (unpaired) electrons. The first kappa shape index (κ1) is 13.1. The van der Waals surface area contributed by atoms with Crippen molar-refractivity contribution in [3.63, 3.8) is 0 Å². The molecule has 0 heterocycles. The average molecular weight is 224 g/mol. The molecule has 1 amide bonds. The van der Waals surface area contributed by atoms with Gasteiger partial charge in [-0.15, -0.1) is 17.0 Å². The van der Waals surface area contributed by atoms with Crippen LogP contribution in [0.3, 0.4) is 0 Å². The van der Waals surface area contributed by atoms with Gasteiger partial charge >= 0.3 is 6.09 Å². The van der Waals surface area contributed by atoms with Crippen molar-refractivity contribution in [2.75, 3.05) is 7.05 Å². The summed E-state index contributed by atoms with van der Waals surface area (Å²) in [6.45, 7) is 5.53. The van der Waals surface area contributed by atoms with Gasteiger partial charge in [0, 0.05) is 7.05 Å². The van der Waals surface area contributed by atoms with E-state index in [-0.39, 0.29) is 17.0 Å². The largest absolute Gasteiger partial charge is 0.415 e. The molecule has 11 heavy (non-hydrogen) atoms. The summed E-state index contributed by atoms with van der Waals surface area (Å²) in [6, 6.07) is 0. The van der Waals surface area contributed by atoms with E-state index in [9.17, 15) is 4.79 Å². The Labute approximate surface area is 77.6 Å². The minimum Gasteiger partial charge on any atom is -0.415 e. The minimum absolute atomic E-state index is 0. The Hall–Kier alpha value is -0.510. The predicted molar refractivity (Wildman–Crippen MR) is 49.9 cm³/mol. The van der Waals surface area contributed by atoms with Crippen LogP contribution in [0.15, 0.2) is 11.3 Å². The summed E-state index contributed by atoms with van der Waals surface area (Å²) in [7, 11) is 1.53. The zero-order valence-corrected chi connectivity index (χ0v) is 8.94. The van der Waals surface area contributed by atoms with Crippen LogP contribution in [0.25, 0.3) is 0 Å². The van der Waals surface area contributed by atoms with Crippen molar-refractivity contribution in [2.45, 2.75) is 20.8 Å². The number of carbonyl (C=O) groups is 1. The molecule has 0 fully saturated rings. The number of halogens is 1. The normalized spacial score (nSPS) is 7.64. The highest BCUT2D eigenvalue weighted by Gasteiger charge is 1.99. The molecule has 0 aliphatic rings. The maximum atomic E-state index is 10.6. The predicted octanol–water partition coefficient (Wildman–Crippen LogP) is 2.23. The topological polar surface area (TPSA) is 38.3 Å². The Balaban J connectivity index is 0. The SMILES string of the molecule is Br.CNC(=O)OC(C)=C(C)C. The molecule has 0 bridgehead atoms. The summed E-state index contributed by atoms with van der Waals surface area (Å²) in [5.41, 5.74) is 1.00. The van der Waals surface area contributed by atoms with Gasteiger partial charge in [0.2, 0.25) is 0 Å². The van der Waals surface area contributed by atoms with E-state index in [4.69, 9.17) is 4.74 Å². The lowest BCUT2D eigenvalue weighted by molar-refractivity contribution is 0.177. The number of hydrogen-bond donors (Lipinski definition) is 1. The maximum Gasteiger partial charge on any atom is 0.412 e. The van der Waals surface area contributed by atoms with Crippen molar-refractivity contribution in [3.05, 3.63) is 11.3 Å². The fourth-order valence-corrected chi connectivity index (χ4v) is 0.292. The van der Waals surface area contributed by atoms with Crippen molar-refractivity contribution >= 4 is 23.1 Å². The molecule has 0 unspecified atom stereocenters. The number of allylic oxidation sites excluding steroid dienone is 2. The van der Waals surface area contributed by atoms with Gasteiger partial charge in [-0.1, -0.05) is 0 Å². The summed E-state index contributed by atoms with van der Waals surface area (Å²) in [4.78, 5) is 10.6. The van der Waals surface area contributed by atoms with Crippen LogP contribution >= 0.6 is 17.0 Å². The Morgan fingerprint density at radius 1 is 1.27 bits per heavy atom. The Morgan fingerprint density at radius 2 is 1.73 bits per heavy atom. The number of alkyl carbamates (subject to hydrolysis) is 1. The Bertz CT molecular complexity index is 162. The van der Waals surface area contributed by atoms with E-state index in [1.807, 2.05) is 13.8 Å². The molecule has 1 N–H and O–H groups in total. The van der Waals surface area contributed by atoms with Crippen LogP contribution in [-0.2, 0) is 4.74 Å². The molecule has 0 saturated carbocycles. The van der Waals surface area contributed by atoms with Gasteiger partial charge in [0.1, 0.15) is 5.76 Å². The molecule has 4 heteroatoms. The van der Waals surface area contributed by atoms with Gasteiger partial charge in [0.15, 0.2) is 0 Å². The number of carbonyl (C=O) groups excluding carboxylic acids is 1. The molecule has 0 aliphatic carbocycles. The molecule has 0 aliphatic heterocycles. The standard InChI is InChI=1S/C7H13NO2.BrH/c1-5(2)6(3)10-7(9)8-4;/h1-4H3,(H,8,9);1H. The lowest BCUT2D eigenvalue weighted by Gasteiger charge is -2.03. The zero-order chi connectivity index (χ0) is 8.15. The fraction of sp³-hybridized carbons (Fsp3) is 0.571. The molecule has 0 aromatic rings. The van der Waals surface area contributed by atoms with E-state index in [1.165, 1.54) is 7.05 Å². The zero-order valence-electron chi connectivity index (χ0n) is 7.22. The first-order valence-electron chi connectivity index (χ1n) is 3.11. The van der Waals surface area contributed by atoms with Crippen LogP contribution in [0, 0.1) is 0 Å². The van der Waals surface area contributed by atoms with Crippen LogP contribution < -0.4 is 5.32 Å². The second-order valence-electron chi connectivity index (χ2n) is 2.20. The first-order chi connectivity index (χ1) is 4.57. The summed E-state index contributed by atoms with van der Waals surface area (Å²) in [5, 5.41) is 2.36. The monoisotopic (exact) mass is 223 g/mol. The van der Waals surface area contributed by atoms with E-state index in [0.29, 0.717) is 5.76 Å². The number of nitrogens with one attached hydrogen (secondary N) is 1. The van der Waals surface area contributed by atoms with Crippen LogP contribution in [0.1, 0.15) is 20.8 Å². The molecule has 66 valence electrons. The second-order valence-corrected chi connectivity index (χ2v) is 2.20. The lowest BCUT2D eigenvalue weighted by atomic mass is 10.3. The smallest absolute Gasteiger partial charge is 0.412 e. The number of amides is 1. The quantitative estimate of drug-likeness (QED) is 0.693.